The van der Waals surface area contributed by atoms with E-state index in [-0.39, 0.29) is 5.91 Å². The van der Waals surface area contributed by atoms with E-state index in [1.165, 1.54) is 5.56 Å². The van der Waals surface area contributed by atoms with Crippen LogP contribution in [0.4, 0.5) is 0 Å². The maximum Gasteiger partial charge on any atom is 0.220 e. The minimum absolute atomic E-state index is 0.134. The number of nitrogens with zero attached hydrogens (tertiary/aromatic N) is 1. The van der Waals surface area contributed by atoms with Crippen molar-refractivity contribution in [2.75, 3.05) is 33.9 Å². The topological polar surface area (TPSA) is 50.8 Å². The number of methoxy groups -OCH3 is 1. The van der Waals surface area contributed by atoms with E-state index >= 15 is 0 Å². The van der Waals surface area contributed by atoms with Crippen molar-refractivity contribution < 1.29 is 14.3 Å². The summed E-state index contributed by atoms with van der Waals surface area (Å²) in [5, 5.41) is 2.70. The Balaban J connectivity index is 1.93. The Hall–Kier alpha value is -1.75. The predicted octanol–water partition coefficient (Wildman–Crippen LogP) is 2.05. The lowest BCUT2D eigenvalue weighted by atomic mass is 10.0. The van der Waals surface area contributed by atoms with Crippen molar-refractivity contribution in [3.63, 3.8) is 0 Å². The molecule has 0 saturated carbocycles. The van der Waals surface area contributed by atoms with Gasteiger partial charge in [-0.1, -0.05) is 6.07 Å². The normalized spacial score (nSPS) is 18.2. The lowest BCUT2D eigenvalue weighted by molar-refractivity contribution is -0.121. The van der Waals surface area contributed by atoms with E-state index in [9.17, 15) is 4.79 Å². The van der Waals surface area contributed by atoms with Gasteiger partial charge in [0, 0.05) is 26.6 Å². The zero-order valence-electron chi connectivity index (χ0n) is 13.7. The predicted molar refractivity (Wildman–Crippen MR) is 86.2 cm³/mol. The molecule has 1 atom stereocenters. The number of ether oxygens (including phenoxy) is 2. The fourth-order valence-electron chi connectivity index (χ4n) is 2.93. The van der Waals surface area contributed by atoms with E-state index < -0.39 is 0 Å². The molecule has 1 N–H and O–H groups in total. The SMILES string of the molecule is CCOc1ccc(CN2CC[C@@H](CC(=O)NC)C2)cc1OC. The van der Waals surface area contributed by atoms with Crippen molar-refractivity contribution in [3.8, 4) is 11.5 Å². The van der Waals surface area contributed by atoms with Crippen LogP contribution in [-0.4, -0.2) is 44.7 Å². The van der Waals surface area contributed by atoms with E-state index in [2.05, 4.69) is 16.3 Å². The fourth-order valence-corrected chi connectivity index (χ4v) is 2.93. The van der Waals surface area contributed by atoms with Crippen molar-refractivity contribution in [1.82, 2.24) is 10.2 Å². The van der Waals surface area contributed by atoms with Crippen LogP contribution in [0.5, 0.6) is 11.5 Å². The van der Waals surface area contributed by atoms with Crippen LogP contribution in [0.1, 0.15) is 25.3 Å². The standard InChI is InChI=1S/C17H26N2O3/c1-4-22-15-6-5-13(9-16(15)21-3)11-19-8-7-14(12-19)10-17(20)18-2/h5-6,9,14H,4,7-8,10-12H2,1-3H3,(H,18,20)/t14-/m0/s1. The van der Waals surface area contributed by atoms with Crippen LogP contribution in [0.3, 0.4) is 0 Å². The molecule has 22 heavy (non-hydrogen) atoms. The number of likely N-dealkylation sites (tertiary alicyclic amines) is 1. The molecule has 1 aromatic rings. The van der Waals surface area contributed by atoms with Crippen molar-refractivity contribution in [2.24, 2.45) is 5.92 Å². The van der Waals surface area contributed by atoms with Crippen LogP contribution in [0, 0.1) is 5.92 Å². The molecule has 1 saturated heterocycles. The Morgan fingerprint density at radius 1 is 1.41 bits per heavy atom. The summed E-state index contributed by atoms with van der Waals surface area (Å²) >= 11 is 0. The molecule has 1 amide bonds. The summed E-state index contributed by atoms with van der Waals surface area (Å²) in [6, 6.07) is 6.09. The van der Waals surface area contributed by atoms with Gasteiger partial charge in [-0.15, -0.1) is 0 Å². The molecule has 0 aromatic heterocycles. The van der Waals surface area contributed by atoms with Gasteiger partial charge in [-0.2, -0.15) is 0 Å². The maximum atomic E-state index is 11.5. The monoisotopic (exact) mass is 306 g/mol. The average molecular weight is 306 g/mol. The van der Waals surface area contributed by atoms with Gasteiger partial charge in [0.25, 0.3) is 0 Å². The number of benzene rings is 1. The van der Waals surface area contributed by atoms with Crippen LogP contribution >= 0.6 is 0 Å². The Morgan fingerprint density at radius 3 is 2.91 bits per heavy atom. The van der Waals surface area contributed by atoms with Gasteiger partial charge < -0.3 is 14.8 Å². The summed E-state index contributed by atoms with van der Waals surface area (Å²) < 4.78 is 10.9. The number of nitrogens with one attached hydrogen (secondary N) is 1. The minimum Gasteiger partial charge on any atom is -0.493 e. The first-order valence-corrected chi connectivity index (χ1v) is 7.88. The number of hydrogen-bond donors (Lipinski definition) is 1. The largest absolute Gasteiger partial charge is 0.493 e. The summed E-state index contributed by atoms with van der Waals surface area (Å²) in [5.41, 5.74) is 1.21. The molecular formula is C17H26N2O3. The summed E-state index contributed by atoms with van der Waals surface area (Å²) in [5.74, 6) is 2.16. The lowest BCUT2D eigenvalue weighted by Gasteiger charge is -2.17. The van der Waals surface area contributed by atoms with Crippen LogP contribution in [0.2, 0.25) is 0 Å². The van der Waals surface area contributed by atoms with Crippen molar-refractivity contribution in [3.05, 3.63) is 23.8 Å². The van der Waals surface area contributed by atoms with Gasteiger partial charge in [0.15, 0.2) is 11.5 Å². The molecule has 1 fully saturated rings. The zero-order chi connectivity index (χ0) is 15.9. The fraction of sp³-hybridized carbons (Fsp3) is 0.588. The Kier molecular flexibility index (Phi) is 6.07. The lowest BCUT2D eigenvalue weighted by Crippen LogP contribution is -2.24. The maximum absolute atomic E-state index is 11.5. The summed E-state index contributed by atoms with van der Waals surface area (Å²) in [4.78, 5) is 13.8. The number of rotatable bonds is 7. The molecule has 0 bridgehead atoms. The number of carbonyl (C=O) groups excluding carboxylic acids is 1. The highest BCUT2D eigenvalue weighted by Gasteiger charge is 2.24. The van der Waals surface area contributed by atoms with Crippen molar-refractivity contribution in [2.45, 2.75) is 26.3 Å². The highest BCUT2D eigenvalue weighted by atomic mass is 16.5. The molecular weight excluding hydrogens is 280 g/mol. The first kappa shape index (κ1) is 16.6. The quantitative estimate of drug-likeness (QED) is 0.838. The van der Waals surface area contributed by atoms with E-state index in [1.807, 2.05) is 19.1 Å². The molecule has 0 aliphatic carbocycles. The van der Waals surface area contributed by atoms with E-state index in [4.69, 9.17) is 9.47 Å². The van der Waals surface area contributed by atoms with Gasteiger partial charge in [0.1, 0.15) is 0 Å². The third-order valence-corrected chi connectivity index (χ3v) is 4.06. The minimum atomic E-state index is 0.134. The third-order valence-electron chi connectivity index (χ3n) is 4.06. The molecule has 1 aliphatic heterocycles. The van der Waals surface area contributed by atoms with E-state index in [1.54, 1.807) is 14.2 Å². The molecule has 5 heteroatoms. The number of amides is 1. The van der Waals surface area contributed by atoms with Gasteiger partial charge >= 0.3 is 0 Å². The highest BCUT2D eigenvalue weighted by molar-refractivity contribution is 5.75. The van der Waals surface area contributed by atoms with Gasteiger partial charge in [-0.25, -0.2) is 0 Å². The second-order valence-electron chi connectivity index (χ2n) is 5.69. The second-order valence-corrected chi connectivity index (χ2v) is 5.69. The number of carbonyl (C=O) groups is 1. The molecule has 0 radical (unpaired) electrons. The van der Waals surface area contributed by atoms with E-state index in [0.29, 0.717) is 18.9 Å². The van der Waals surface area contributed by atoms with Crippen LogP contribution in [0.15, 0.2) is 18.2 Å². The van der Waals surface area contributed by atoms with Gasteiger partial charge in [0.2, 0.25) is 5.91 Å². The number of hydrogen-bond acceptors (Lipinski definition) is 4. The summed E-state index contributed by atoms with van der Waals surface area (Å²) in [6.45, 7) is 5.49. The highest BCUT2D eigenvalue weighted by Crippen LogP contribution is 2.29. The van der Waals surface area contributed by atoms with Crippen LogP contribution in [0.25, 0.3) is 0 Å². The summed E-state index contributed by atoms with van der Waals surface area (Å²) in [7, 11) is 3.36. The Morgan fingerprint density at radius 2 is 2.23 bits per heavy atom. The smallest absolute Gasteiger partial charge is 0.220 e. The molecule has 0 spiro atoms. The van der Waals surface area contributed by atoms with Crippen LogP contribution < -0.4 is 14.8 Å². The van der Waals surface area contributed by atoms with E-state index in [0.717, 1.165) is 37.6 Å². The molecule has 1 aromatic carbocycles. The molecule has 5 nitrogen and oxygen atoms in total. The van der Waals surface area contributed by atoms with Gasteiger partial charge in [-0.3, -0.25) is 9.69 Å². The van der Waals surface area contributed by atoms with Gasteiger partial charge in [-0.05, 0) is 43.5 Å². The van der Waals surface area contributed by atoms with Crippen LogP contribution in [-0.2, 0) is 11.3 Å². The first-order chi connectivity index (χ1) is 10.7. The third kappa shape index (κ3) is 4.37. The van der Waals surface area contributed by atoms with Crippen molar-refractivity contribution >= 4 is 5.91 Å². The first-order valence-electron chi connectivity index (χ1n) is 7.88. The second kappa shape index (κ2) is 8.03. The zero-order valence-corrected chi connectivity index (χ0v) is 13.7. The average Bonchev–Trinajstić information content (AvgIpc) is 2.95. The molecule has 0 unspecified atom stereocenters. The summed E-state index contributed by atoms with van der Waals surface area (Å²) in [6.07, 6.45) is 1.71. The molecule has 1 aliphatic rings. The van der Waals surface area contributed by atoms with Gasteiger partial charge in [0.05, 0.1) is 13.7 Å². The Labute approximate surface area is 132 Å². The molecule has 1 heterocycles. The van der Waals surface area contributed by atoms with Crippen molar-refractivity contribution in [1.29, 1.82) is 0 Å². The Bertz CT molecular complexity index is 505. The molecule has 2 rings (SSSR count). The molecule has 122 valence electrons.